The van der Waals surface area contributed by atoms with Crippen LogP contribution in [0.3, 0.4) is 0 Å². The molecule has 1 aromatic heterocycles. The van der Waals surface area contributed by atoms with E-state index in [1.54, 1.807) is 0 Å². The van der Waals surface area contributed by atoms with Crippen LogP contribution in [0.4, 0.5) is 5.95 Å². The van der Waals surface area contributed by atoms with Crippen molar-refractivity contribution in [2.45, 2.75) is 0 Å². The number of rotatable bonds is 3. The number of hydrogen-bond acceptors (Lipinski definition) is 5. The second kappa shape index (κ2) is 7.13. The number of anilines is 1. The van der Waals surface area contributed by atoms with Gasteiger partial charge in [0.2, 0.25) is 10.7 Å². The number of aromatic nitrogens is 3. The molecule has 0 aliphatic carbocycles. The number of hydrogen-bond donors (Lipinski definition) is 0. The fourth-order valence-corrected chi connectivity index (χ4v) is 3.16. The maximum Gasteiger partial charge on any atom is 0.230 e. The van der Waals surface area contributed by atoms with Gasteiger partial charge in [0.05, 0.1) is 13.2 Å². The van der Waals surface area contributed by atoms with E-state index in [4.69, 9.17) is 21.9 Å². The molecule has 0 saturated carbocycles. The zero-order valence-electron chi connectivity index (χ0n) is 13.7. The van der Waals surface area contributed by atoms with E-state index < -0.39 is 0 Å². The Morgan fingerprint density at radius 2 is 1.48 bits per heavy atom. The normalized spacial score (nSPS) is 14.5. The summed E-state index contributed by atoms with van der Waals surface area (Å²) < 4.78 is 7.86. The smallest absolute Gasteiger partial charge is 0.230 e. The molecule has 126 valence electrons. The van der Waals surface area contributed by atoms with Crippen molar-refractivity contribution in [2.75, 3.05) is 31.2 Å². The molecule has 0 amide bonds. The molecule has 0 bridgehead atoms. The maximum absolute atomic E-state index is 5.63. The second-order valence-corrected chi connectivity index (χ2v) is 6.13. The van der Waals surface area contributed by atoms with E-state index in [1.165, 1.54) is 0 Å². The average molecular weight is 350 g/mol. The molecule has 0 N–H and O–H groups in total. The molecular formula is C19H18N4OS. The van der Waals surface area contributed by atoms with E-state index in [-0.39, 0.29) is 0 Å². The molecule has 25 heavy (non-hydrogen) atoms. The van der Waals surface area contributed by atoms with Crippen LogP contribution in [0.15, 0.2) is 60.7 Å². The van der Waals surface area contributed by atoms with Gasteiger partial charge in [-0.2, -0.15) is 9.97 Å². The van der Waals surface area contributed by atoms with Crippen LogP contribution < -0.4 is 4.90 Å². The molecule has 3 aromatic rings. The van der Waals surface area contributed by atoms with Crippen molar-refractivity contribution in [1.82, 2.24) is 14.5 Å². The predicted molar refractivity (Wildman–Crippen MR) is 101 cm³/mol. The Labute approximate surface area is 151 Å². The molecule has 1 saturated heterocycles. The van der Waals surface area contributed by atoms with Gasteiger partial charge in [-0.15, -0.1) is 0 Å². The lowest BCUT2D eigenvalue weighted by Gasteiger charge is -2.27. The number of ether oxygens (including phenoxy) is 1. The van der Waals surface area contributed by atoms with Gasteiger partial charge in [-0.05, 0) is 24.4 Å². The summed E-state index contributed by atoms with van der Waals surface area (Å²) in [5, 5.41) is 0. The molecule has 0 atom stereocenters. The first-order valence-corrected chi connectivity index (χ1v) is 8.68. The van der Waals surface area contributed by atoms with Crippen molar-refractivity contribution in [2.24, 2.45) is 0 Å². The highest BCUT2D eigenvalue weighted by atomic mass is 32.1. The van der Waals surface area contributed by atoms with Crippen LogP contribution in [-0.4, -0.2) is 40.8 Å². The van der Waals surface area contributed by atoms with Gasteiger partial charge in [0.1, 0.15) is 0 Å². The van der Waals surface area contributed by atoms with Gasteiger partial charge in [0, 0.05) is 24.3 Å². The molecule has 2 heterocycles. The average Bonchev–Trinajstić information content (AvgIpc) is 2.69. The van der Waals surface area contributed by atoms with Crippen molar-refractivity contribution in [3.63, 3.8) is 0 Å². The SMILES string of the molecule is S=c1nc(N2CCOCC2)nc(-c2ccccc2)n1-c1ccccc1. The predicted octanol–water partition coefficient (Wildman–Crippen LogP) is 3.50. The third kappa shape index (κ3) is 3.31. The summed E-state index contributed by atoms with van der Waals surface area (Å²) in [7, 11) is 0. The minimum Gasteiger partial charge on any atom is -0.378 e. The summed E-state index contributed by atoms with van der Waals surface area (Å²) >= 11 is 5.63. The van der Waals surface area contributed by atoms with Crippen molar-refractivity contribution >= 4 is 18.2 Å². The van der Waals surface area contributed by atoms with Gasteiger partial charge >= 0.3 is 0 Å². The Hall–Kier alpha value is -2.57. The molecule has 0 unspecified atom stereocenters. The lowest BCUT2D eigenvalue weighted by atomic mass is 10.2. The molecular weight excluding hydrogens is 332 g/mol. The van der Waals surface area contributed by atoms with Crippen molar-refractivity contribution in [3.05, 3.63) is 65.4 Å². The monoisotopic (exact) mass is 350 g/mol. The molecule has 1 aliphatic rings. The number of nitrogens with zero attached hydrogens (tertiary/aromatic N) is 4. The third-order valence-corrected chi connectivity index (χ3v) is 4.42. The highest BCUT2D eigenvalue weighted by Gasteiger charge is 2.18. The summed E-state index contributed by atoms with van der Waals surface area (Å²) in [6, 6.07) is 20.1. The van der Waals surface area contributed by atoms with E-state index in [9.17, 15) is 0 Å². The summed E-state index contributed by atoms with van der Waals surface area (Å²) in [5.41, 5.74) is 1.97. The first-order chi connectivity index (χ1) is 12.3. The molecule has 2 aromatic carbocycles. The topological polar surface area (TPSA) is 43.2 Å². The van der Waals surface area contributed by atoms with Crippen molar-refractivity contribution in [1.29, 1.82) is 0 Å². The van der Waals surface area contributed by atoms with E-state index in [0.717, 1.165) is 30.2 Å². The Kier molecular flexibility index (Phi) is 4.54. The van der Waals surface area contributed by atoms with Gasteiger partial charge in [-0.3, -0.25) is 4.57 Å². The van der Waals surface area contributed by atoms with E-state index >= 15 is 0 Å². The standard InChI is InChI=1S/C19H18N4OS/c25-19-21-18(22-11-13-24-14-12-22)20-17(15-7-3-1-4-8-15)23(19)16-9-5-2-6-10-16/h1-10H,11-14H2. The maximum atomic E-state index is 5.63. The number of para-hydroxylation sites is 1. The Morgan fingerprint density at radius 1 is 0.840 bits per heavy atom. The van der Waals surface area contributed by atoms with Crippen LogP contribution >= 0.6 is 12.2 Å². The minimum atomic E-state index is 0.501. The molecule has 4 rings (SSSR count). The summed E-state index contributed by atoms with van der Waals surface area (Å²) in [6.07, 6.45) is 0. The van der Waals surface area contributed by atoms with Crippen molar-refractivity contribution in [3.8, 4) is 17.1 Å². The van der Waals surface area contributed by atoms with Crippen LogP contribution in [0.25, 0.3) is 17.1 Å². The van der Waals surface area contributed by atoms with Crippen LogP contribution in [0.1, 0.15) is 0 Å². The lowest BCUT2D eigenvalue weighted by molar-refractivity contribution is 0.122. The summed E-state index contributed by atoms with van der Waals surface area (Å²) in [5.74, 6) is 1.47. The van der Waals surface area contributed by atoms with Gasteiger partial charge < -0.3 is 9.64 Å². The van der Waals surface area contributed by atoms with E-state index in [2.05, 4.69) is 9.88 Å². The molecule has 1 fully saturated rings. The van der Waals surface area contributed by atoms with Crippen LogP contribution in [0.5, 0.6) is 0 Å². The number of benzene rings is 2. The third-order valence-electron chi connectivity index (χ3n) is 4.14. The van der Waals surface area contributed by atoms with E-state index in [1.807, 2.05) is 65.2 Å². The quantitative estimate of drug-likeness (QED) is 0.677. The Bertz CT molecular complexity index is 906. The zero-order chi connectivity index (χ0) is 17.1. The fourth-order valence-electron chi connectivity index (χ4n) is 2.89. The highest BCUT2D eigenvalue weighted by Crippen LogP contribution is 2.24. The van der Waals surface area contributed by atoms with Gasteiger partial charge in [-0.25, -0.2) is 0 Å². The van der Waals surface area contributed by atoms with Crippen LogP contribution in [-0.2, 0) is 4.74 Å². The molecule has 6 heteroatoms. The van der Waals surface area contributed by atoms with Gasteiger partial charge in [0.15, 0.2) is 5.82 Å². The minimum absolute atomic E-state index is 0.501. The number of morpholine rings is 1. The summed E-state index contributed by atoms with van der Waals surface area (Å²) in [4.78, 5) is 11.6. The first-order valence-electron chi connectivity index (χ1n) is 8.27. The van der Waals surface area contributed by atoms with E-state index in [0.29, 0.717) is 23.9 Å². The fraction of sp³-hybridized carbons (Fsp3) is 0.211. The Balaban J connectivity index is 1.90. The first kappa shape index (κ1) is 15.9. The zero-order valence-corrected chi connectivity index (χ0v) is 14.5. The highest BCUT2D eigenvalue weighted by molar-refractivity contribution is 7.71. The molecule has 1 aliphatic heterocycles. The van der Waals surface area contributed by atoms with Gasteiger partial charge in [0.25, 0.3) is 0 Å². The largest absolute Gasteiger partial charge is 0.378 e. The molecule has 5 nitrogen and oxygen atoms in total. The lowest BCUT2D eigenvalue weighted by Crippen LogP contribution is -2.37. The molecule has 0 radical (unpaired) electrons. The van der Waals surface area contributed by atoms with Crippen LogP contribution in [0.2, 0.25) is 0 Å². The second-order valence-electron chi connectivity index (χ2n) is 5.77. The van der Waals surface area contributed by atoms with Gasteiger partial charge in [-0.1, -0.05) is 48.5 Å². The van der Waals surface area contributed by atoms with Crippen molar-refractivity contribution < 1.29 is 4.74 Å². The summed E-state index contributed by atoms with van der Waals surface area (Å²) in [6.45, 7) is 2.92. The molecule has 0 spiro atoms. The van der Waals surface area contributed by atoms with Crippen LogP contribution in [0, 0.1) is 4.77 Å². The Morgan fingerprint density at radius 3 is 2.16 bits per heavy atom.